The van der Waals surface area contributed by atoms with E-state index in [9.17, 15) is 4.79 Å². The van der Waals surface area contributed by atoms with Gasteiger partial charge in [-0.25, -0.2) is 0 Å². The first-order valence-electron chi connectivity index (χ1n) is 1.06. The van der Waals surface area contributed by atoms with Crippen LogP contribution in [-0.4, -0.2) is 29.0 Å². The monoisotopic (exact) mass is 120 g/mol. The molecule has 0 N–H and O–H groups in total. The van der Waals surface area contributed by atoms with Crippen molar-refractivity contribution in [2.45, 2.75) is 6.92 Å². The molecule has 0 saturated carbocycles. The normalized spacial score (nSPS) is 5.67. The van der Waals surface area contributed by atoms with Crippen molar-refractivity contribution in [3.05, 3.63) is 0 Å². The van der Waals surface area contributed by atoms with E-state index in [1.54, 1.807) is 0 Å². The van der Waals surface area contributed by atoms with E-state index in [-0.39, 0.29) is 25.9 Å². The summed E-state index contributed by atoms with van der Waals surface area (Å²) in [5, 5.41) is 0. The SMILES string of the molecule is CC(=O)OCl.[H-].[H-].[Mg+2]. The Morgan fingerprint density at radius 2 is 2.17 bits per heavy atom. The van der Waals surface area contributed by atoms with Crippen molar-refractivity contribution in [2.75, 3.05) is 0 Å². The first-order chi connectivity index (χ1) is 2.27. The van der Waals surface area contributed by atoms with Crippen LogP contribution in [0.1, 0.15) is 9.78 Å². The summed E-state index contributed by atoms with van der Waals surface area (Å²) in [6.07, 6.45) is 0. The van der Waals surface area contributed by atoms with Gasteiger partial charge in [0.15, 0.2) is 0 Å². The molecule has 0 unspecified atom stereocenters. The largest absolute Gasteiger partial charge is 2.00 e. The smallest absolute Gasteiger partial charge is 1.00 e. The quantitative estimate of drug-likeness (QED) is 0.437. The van der Waals surface area contributed by atoms with Crippen LogP contribution < -0.4 is 0 Å². The average molecular weight is 121 g/mol. The molecule has 0 rings (SSSR count). The van der Waals surface area contributed by atoms with Crippen LogP contribution in [-0.2, 0) is 9.08 Å². The summed E-state index contributed by atoms with van der Waals surface area (Å²) in [5.41, 5.74) is 0. The Kier molecular flexibility index (Phi) is 8.96. The molecule has 0 aromatic heterocycles. The van der Waals surface area contributed by atoms with E-state index in [4.69, 9.17) is 0 Å². The number of halogens is 1. The fourth-order valence-corrected chi connectivity index (χ4v) is 0. The predicted octanol–water partition coefficient (Wildman–Crippen LogP) is 0.547. The van der Waals surface area contributed by atoms with E-state index in [1.165, 1.54) is 6.92 Å². The van der Waals surface area contributed by atoms with Gasteiger partial charge in [-0.2, -0.15) is 0 Å². The molecule has 0 fully saturated rings. The maximum atomic E-state index is 9.46. The molecule has 0 spiro atoms. The summed E-state index contributed by atoms with van der Waals surface area (Å²) in [5.74, 6) is -0.480. The summed E-state index contributed by atoms with van der Waals surface area (Å²) in [6, 6.07) is 0. The molecule has 0 aliphatic heterocycles. The van der Waals surface area contributed by atoms with Crippen molar-refractivity contribution in [2.24, 2.45) is 0 Å². The minimum absolute atomic E-state index is 0. The Balaban J connectivity index is -0.0000000267. The Morgan fingerprint density at radius 1 is 2.00 bits per heavy atom. The van der Waals surface area contributed by atoms with Crippen molar-refractivity contribution in [3.8, 4) is 0 Å². The van der Waals surface area contributed by atoms with Gasteiger partial charge >= 0.3 is 29.0 Å². The Morgan fingerprint density at radius 3 is 2.17 bits per heavy atom. The topological polar surface area (TPSA) is 26.3 Å². The van der Waals surface area contributed by atoms with E-state index in [1.807, 2.05) is 0 Å². The summed E-state index contributed by atoms with van der Waals surface area (Å²) < 4.78 is 3.58. The molecular weight excluding hydrogens is 116 g/mol. The van der Waals surface area contributed by atoms with Crippen LogP contribution in [0.2, 0.25) is 0 Å². The molecule has 2 nitrogen and oxygen atoms in total. The van der Waals surface area contributed by atoms with Gasteiger partial charge in [-0.15, -0.1) is 0 Å². The minimum atomic E-state index is -0.480. The molecule has 0 radical (unpaired) electrons. The third-order valence-electron chi connectivity index (χ3n) is 0.109. The zero-order valence-electron chi connectivity index (χ0n) is 5.40. The molecule has 0 amide bonds. The van der Waals surface area contributed by atoms with Crippen molar-refractivity contribution in [1.82, 2.24) is 0 Å². The third-order valence-corrected chi connectivity index (χ3v) is 0.326. The predicted molar refractivity (Wildman–Crippen MR) is 25.6 cm³/mol. The minimum Gasteiger partial charge on any atom is -1.00 e. The van der Waals surface area contributed by atoms with Gasteiger partial charge in [0, 0.05) is 6.92 Å². The van der Waals surface area contributed by atoms with E-state index in [0.717, 1.165) is 0 Å². The van der Waals surface area contributed by atoms with Crippen LogP contribution >= 0.6 is 11.9 Å². The van der Waals surface area contributed by atoms with Crippen LogP contribution in [0.4, 0.5) is 0 Å². The second-order valence-corrected chi connectivity index (χ2v) is 0.723. The van der Waals surface area contributed by atoms with E-state index < -0.39 is 5.97 Å². The zero-order chi connectivity index (χ0) is 4.28. The molecule has 0 bridgehead atoms. The second kappa shape index (κ2) is 5.53. The second-order valence-electron chi connectivity index (χ2n) is 0.569. The molecular formula is C2H5ClMgO2. The number of rotatable bonds is 0. The van der Waals surface area contributed by atoms with E-state index >= 15 is 0 Å². The van der Waals surface area contributed by atoms with Gasteiger partial charge in [-0.05, 0) is 0 Å². The van der Waals surface area contributed by atoms with Gasteiger partial charge in [-0.3, -0.25) is 4.79 Å². The van der Waals surface area contributed by atoms with Crippen LogP contribution in [0.25, 0.3) is 0 Å². The van der Waals surface area contributed by atoms with Crippen molar-refractivity contribution in [3.63, 3.8) is 0 Å². The molecule has 0 aliphatic carbocycles. The fraction of sp³-hybridized carbons (Fsp3) is 0.500. The maximum Gasteiger partial charge on any atom is 2.00 e. The zero-order valence-corrected chi connectivity index (χ0v) is 5.57. The molecule has 0 saturated heterocycles. The molecule has 0 heterocycles. The summed E-state index contributed by atoms with van der Waals surface area (Å²) in [4.78, 5) is 9.46. The molecule has 6 heavy (non-hydrogen) atoms. The Hall–Kier alpha value is 0.526. The van der Waals surface area contributed by atoms with Crippen LogP contribution in [0, 0.1) is 0 Å². The van der Waals surface area contributed by atoms with Gasteiger partial charge in [-0.1, -0.05) is 0 Å². The molecule has 0 aromatic carbocycles. The molecule has 0 atom stereocenters. The van der Waals surface area contributed by atoms with Crippen molar-refractivity contribution >= 4 is 40.9 Å². The molecule has 0 aromatic rings. The van der Waals surface area contributed by atoms with Crippen LogP contribution in [0.5, 0.6) is 0 Å². The molecule has 0 aliphatic rings. The first-order valence-corrected chi connectivity index (χ1v) is 1.37. The molecule has 4 heteroatoms. The van der Waals surface area contributed by atoms with Crippen molar-refractivity contribution < 1.29 is 11.9 Å². The summed E-state index contributed by atoms with van der Waals surface area (Å²) >= 11 is 4.49. The maximum absolute atomic E-state index is 9.46. The van der Waals surface area contributed by atoms with Gasteiger partial charge in [0.2, 0.25) is 0 Å². The van der Waals surface area contributed by atoms with Gasteiger partial charge in [0.25, 0.3) is 0 Å². The van der Waals surface area contributed by atoms with Gasteiger partial charge < -0.3 is 7.14 Å². The fourth-order valence-electron chi connectivity index (χ4n) is 0. The Bertz CT molecular complexity index is 53.3. The van der Waals surface area contributed by atoms with Crippen molar-refractivity contribution in [1.29, 1.82) is 0 Å². The standard InChI is InChI=1S/C2H3ClO2.Mg.2H/c1-2(4)5-3;;;/h1H3;;;/q;+2;2*-1. The average Bonchev–Trinajstić information content (AvgIpc) is 1.38. The first kappa shape index (κ1) is 9.73. The number of carbonyl (C=O) groups is 1. The third kappa shape index (κ3) is 8.82. The van der Waals surface area contributed by atoms with Gasteiger partial charge in [0.05, 0.1) is 0 Å². The number of hydrogen-bond acceptors (Lipinski definition) is 2. The van der Waals surface area contributed by atoms with Gasteiger partial charge in [0.1, 0.15) is 11.9 Å². The van der Waals surface area contributed by atoms with E-state index in [2.05, 4.69) is 16.2 Å². The number of carbonyl (C=O) groups excluding carboxylic acids is 1. The Labute approximate surface area is 60.1 Å². The van der Waals surface area contributed by atoms with Crippen LogP contribution in [0.3, 0.4) is 0 Å². The molecule has 34 valence electrons. The summed E-state index contributed by atoms with van der Waals surface area (Å²) in [7, 11) is 0. The van der Waals surface area contributed by atoms with E-state index in [0.29, 0.717) is 0 Å². The summed E-state index contributed by atoms with van der Waals surface area (Å²) in [6.45, 7) is 1.23. The van der Waals surface area contributed by atoms with Crippen LogP contribution in [0.15, 0.2) is 0 Å². The number of hydrogen-bond donors (Lipinski definition) is 0.